The van der Waals surface area contributed by atoms with Gasteiger partial charge in [-0.05, 0) is 43.3 Å². The molecule has 2 aromatic carbocycles. The first-order valence-electron chi connectivity index (χ1n) is 7.49. The number of nitrogens with one attached hydrogen (secondary N) is 2. The largest absolute Gasteiger partial charge is 0.457 e. The van der Waals surface area contributed by atoms with Crippen molar-refractivity contribution in [2.45, 2.75) is 6.92 Å². The number of hydrogen-bond acceptors (Lipinski definition) is 5. The third-order valence-corrected chi connectivity index (χ3v) is 3.18. The molecule has 0 spiro atoms. The summed E-state index contributed by atoms with van der Waals surface area (Å²) in [6, 6.07) is 18.6. The van der Waals surface area contributed by atoms with Crippen molar-refractivity contribution in [1.29, 1.82) is 0 Å². The maximum atomic E-state index is 11.8. The normalized spacial score (nSPS) is 10.2. The predicted molar refractivity (Wildman–Crippen MR) is 91.3 cm³/mol. The highest BCUT2D eigenvalue weighted by Crippen LogP contribution is 2.22. The number of nitrogens with zero attached hydrogens (tertiary/aromatic N) is 1. The minimum atomic E-state index is -0.201. The van der Waals surface area contributed by atoms with Gasteiger partial charge in [-0.15, -0.1) is 0 Å². The van der Waals surface area contributed by atoms with Crippen LogP contribution in [0.1, 0.15) is 5.76 Å². The topological polar surface area (TPSA) is 76.4 Å². The average Bonchev–Trinajstić information content (AvgIpc) is 3.00. The molecule has 0 atom stereocenters. The zero-order valence-electron chi connectivity index (χ0n) is 13.2. The van der Waals surface area contributed by atoms with E-state index in [2.05, 4.69) is 15.8 Å². The summed E-state index contributed by atoms with van der Waals surface area (Å²) in [7, 11) is 0. The van der Waals surface area contributed by atoms with Crippen molar-refractivity contribution in [3.8, 4) is 11.5 Å². The Bertz CT molecular complexity index is 798. The van der Waals surface area contributed by atoms with Crippen LogP contribution >= 0.6 is 0 Å². The van der Waals surface area contributed by atoms with Gasteiger partial charge in [-0.3, -0.25) is 4.79 Å². The molecule has 6 heteroatoms. The number of anilines is 2. The number of ether oxygens (including phenoxy) is 1. The van der Waals surface area contributed by atoms with Gasteiger partial charge in [-0.1, -0.05) is 23.4 Å². The first-order valence-corrected chi connectivity index (χ1v) is 7.49. The second kappa shape index (κ2) is 7.32. The molecule has 1 heterocycles. The molecular formula is C18H17N3O3. The van der Waals surface area contributed by atoms with Gasteiger partial charge in [-0.2, -0.15) is 0 Å². The van der Waals surface area contributed by atoms with E-state index in [9.17, 15) is 4.79 Å². The summed E-state index contributed by atoms with van der Waals surface area (Å²) in [5.41, 5.74) is 0.821. The van der Waals surface area contributed by atoms with Gasteiger partial charge in [0.15, 0.2) is 5.82 Å². The van der Waals surface area contributed by atoms with E-state index in [0.717, 1.165) is 17.2 Å². The Morgan fingerprint density at radius 2 is 1.79 bits per heavy atom. The number of rotatable bonds is 6. The fraction of sp³-hybridized carbons (Fsp3) is 0.111. The van der Waals surface area contributed by atoms with E-state index >= 15 is 0 Å². The molecule has 2 N–H and O–H groups in total. The van der Waals surface area contributed by atoms with Gasteiger partial charge in [-0.25, -0.2) is 0 Å². The molecule has 0 unspecified atom stereocenters. The smallest absolute Gasteiger partial charge is 0.244 e. The van der Waals surface area contributed by atoms with Gasteiger partial charge in [0.05, 0.1) is 6.54 Å². The first-order chi connectivity index (χ1) is 11.7. The van der Waals surface area contributed by atoms with Crippen molar-refractivity contribution < 1.29 is 14.1 Å². The van der Waals surface area contributed by atoms with Gasteiger partial charge in [0.1, 0.15) is 17.3 Å². The quantitative estimate of drug-likeness (QED) is 0.721. The second-order valence-electron chi connectivity index (χ2n) is 5.16. The van der Waals surface area contributed by atoms with Crippen molar-refractivity contribution in [2.75, 3.05) is 17.2 Å². The van der Waals surface area contributed by atoms with Crippen LogP contribution in [0.4, 0.5) is 11.5 Å². The molecule has 0 radical (unpaired) electrons. The number of amides is 1. The minimum absolute atomic E-state index is 0.130. The first kappa shape index (κ1) is 15.6. The minimum Gasteiger partial charge on any atom is -0.457 e. The lowest BCUT2D eigenvalue weighted by Gasteiger charge is -2.08. The highest BCUT2D eigenvalue weighted by Gasteiger charge is 2.06. The van der Waals surface area contributed by atoms with Gasteiger partial charge in [0.25, 0.3) is 0 Å². The lowest BCUT2D eigenvalue weighted by Crippen LogP contribution is -2.21. The van der Waals surface area contributed by atoms with Crippen LogP contribution < -0.4 is 15.4 Å². The van der Waals surface area contributed by atoms with Crippen molar-refractivity contribution in [3.05, 3.63) is 66.4 Å². The fourth-order valence-electron chi connectivity index (χ4n) is 2.06. The summed E-state index contributed by atoms with van der Waals surface area (Å²) >= 11 is 0. The Labute approximate surface area is 139 Å². The van der Waals surface area contributed by atoms with Crippen LogP contribution in [0.2, 0.25) is 0 Å². The standard InChI is InChI=1S/C18H17N3O3/c1-13-11-17(21-24-13)20-18(22)12-19-14-7-9-16(10-8-14)23-15-5-3-2-4-6-15/h2-11,19H,12H2,1H3,(H,20,21,22). The van der Waals surface area contributed by atoms with Gasteiger partial charge >= 0.3 is 0 Å². The van der Waals surface area contributed by atoms with Crippen LogP contribution in [0.25, 0.3) is 0 Å². The van der Waals surface area contributed by atoms with Crippen LogP contribution in [0.15, 0.2) is 65.2 Å². The average molecular weight is 323 g/mol. The van der Waals surface area contributed by atoms with Gasteiger partial charge < -0.3 is 19.9 Å². The van der Waals surface area contributed by atoms with Crippen LogP contribution in [0.5, 0.6) is 11.5 Å². The summed E-state index contributed by atoms with van der Waals surface area (Å²) in [5, 5.41) is 9.39. The van der Waals surface area contributed by atoms with E-state index in [1.807, 2.05) is 54.6 Å². The Kier molecular flexibility index (Phi) is 4.76. The van der Waals surface area contributed by atoms with Crippen LogP contribution in [-0.2, 0) is 4.79 Å². The zero-order chi connectivity index (χ0) is 16.8. The van der Waals surface area contributed by atoms with E-state index in [0.29, 0.717) is 11.6 Å². The molecule has 0 saturated heterocycles. The summed E-state index contributed by atoms with van der Waals surface area (Å²) in [6.45, 7) is 1.89. The molecule has 6 nitrogen and oxygen atoms in total. The predicted octanol–water partition coefficient (Wildman–Crippen LogP) is 3.83. The van der Waals surface area contributed by atoms with Crippen LogP contribution in [-0.4, -0.2) is 17.6 Å². The highest BCUT2D eigenvalue weighted by molar-refractivity contribution is 5.92. The monoisotopic (exact) mass is 323 g/mol. The van der Waals surface area contributed by atoms with E-state index < -0.39 is 0 Å². The van der Waals surface area contributed by atoms with Crippen LogP contribution in [0.3, 0.4) is 0 Å². The summed E-state index contributed by atoms with van der Waals surface area (Å²) in [6.07, 6.45) is 0. The van der Waals surface area contributed by atoms with E-state index in [1.165, 1.54) is 0 Å². The Morgan fingerprint density at radius 1 is 1.08 bits per heavy atom. The number of carbonyl (C=O) groups excluding carboxylic acids is 1. The van der Waals surface area contributed by atoms with Gasteiger partial charge in [0.2, 0.25) is 5.91 Å². The number of aryl methyl sites for hydroxylation is 1. The number of hydrogen-bond donors (Lipinski definition) is 2. The van der Waals surface area contributed by atoms with E-state index in [-0.39, 0.29) is 12.5 Å². The molecule has 3 aromatic rings. The number of benzene rings is 2. The molecule has 122 valence electrons. The SMILES string of the molecule is Cc1cc(NC(=O)CNc2ccc(Oc3ccccc3)cc2)no1. The molecule has 0 aliphatic carbocycles. The number of para-hydroxylation sites is 1. The van der Waals surface area contributed by atoms with Crippen molar-refractivity contribution in [1.82, 2.24) is 5.16 Å². The lowest BCUT2D eigenvalue weighted by atomic mass is 10.3. The van der Waals surface area contributed by atoms with Crippen molar-refractivity contribution in [2.24, 2.45) is 0 Å². The zero-order valence-corrected chi connectivity index (χ0v) is 13.2. The third-order valence-electron chi connectivity index (χ3n) is 3.18. The molecular weight excluding hydrogens is 306 g/mol. The maximum absolute atomic E-state index is 11.8. The molecule has 3 rings (SSSR count). The molecule has 0 saturated carbocycles. The molecule has 0 bridgehead atoms. The van der Waals surface area contributed by atoms with E-state index in [4.69, 9.17) is 9.26 Å². The van der Waals surface area contributed by atoms with Gasteiger partial charge in [0, 0.05) is 11.8 Å². The lowest BCUT2D eigenvalue weighted by molar-refractivity contribution is -0.114. The summed E-state index contributed by atoms with van der Waals surface area (Å²) in [4.78, 5) is 11.8. The third kappa shape index (κ3) is 4.36. The Morgan fingerprint density at radius 3 is 2.46 bits per heavy atom. The Balaban J connectivity index is 1.50. The molecule has 1 amide bonds. The summed E-state index contributed by atoms with van der Waals surface area (Å²) < 4.78 is 10.6. The maximum Gasteiger partial charge on any atom is 0.244 e. The van der Waals surface area contributed by atoms with Crippen molar-refractivity contribution >= 4 is 17.4 Å². The molecule has 24 heavy (non-hydrogen) atoms. The Hall–Kier alpha value is -3.28. The highest BCUT2D eigenvalue weighted by atomic mass is 16.5. The molecule has 1 aromatic heterocycles. The molecule has 0 aliphatic heterocycles. The van der Waals surface area contributed by atoms with Crippen molar-refractivity contribution in [3.63, 3.8) is 0 Å². The summed E-state index contributed by atoms with van der Waals surface area (Å²) in [5.74, 6) is 2.36. The second-order valence-corrected chi connectivity index (χ2v) is 5.16. The molecule has 0 aliphatic rings. The van der Waals surface area contributed by atoms with Crippen LogP contribution in [0, 0.1) is 6.92 Å². The van der Waals surface area contributed by atoms with E-state index in [1.54, 1.807) is 13.0 Å². The molecule has 0 fully saturated rings. The number of carbonyl (C=O) groups is 1. The fourth-order valence-corrected chi connectivity index (χ4v) is 2.06. The number of aromatic nitrogens is 1.